The van der Waals surface area contributed by atoms with Gasteiger partial charge in [-0.1, -0.05) is 0 Å². The zero-order valence-electron chi connectivity index (χ0n) is 11.4. The van der Waals surface area contributed by atoms with Crippen LogP contribution in [-0.2, 0) is 4.74 Å². The lowest BCUT2D eigenvalue weighted by molar-refractivity contribution is 0.0527. The van der Waals surface area contributed by atoms with Gasteiger partial charge in [0.2, 0.25) is 0 Å². The number of pyridine rings is 1. The summed E-state index contributed by atoms with van der Waals surface area (Å²) in [6, 6.07) is 3.55. The molecule has 0 aliphatic carbocycles. The third kappa shape index (κ3) is 3.58. The average molecular weight is 262 g/mol. The second-order valence-corrected chi connectivity index (χ2v) is 4.17. The van der Waals surface area contributed by atoms with Crippen LogP contribution >= 0.6 is 0 Å². The van der Waals surface area contributed by atoms with E-state index in [9.17, 15) is 4.79 Å². The van der Waals surface area contributed by atoms with E-state index < -0.39 is 5.97 Å². The van der Waals surface area contributed by atoms with E-state index >= 15 is 0 Å². The van der Waals surface area contributed by atoms with Crippen molar-refractivity contribution in [2.45, 2.75) is 26.3 Å². The normalized spacial score (nSPS) is 11.5. The van der Waals surface area contributed by atoms with Crippen LogP contribution in [0.2, 0.25) is 0 Å². The van der Waals surface area contributed by atoms with Gasteiger partial charge in [0.1, 0.15) is 5.82 Å². The van der Waals surface area contributed by atoms with Gasteiger partial charge in [-0.15, -0.1) is 0 Å². The molecule has 1 rings (SSSR count). The van der Waals surface area contributed by atoms with Gasteiger partial charge in [-0.25, -0.2) is 9.78 Å². The Morgan fingerprint density at radius 1 is 1.68 bits per heavy atom. The summed E-state index contributed by atoms with van der Waals surface area (Å²) in [6.07, 6.45) is 1.87. The second-order valence-electron chi connectivity index (χ2n) is 4.17. The van der Waals surface area contributed by atoms with Crippen LogP contribution in [0, 0.1) is 11.3 Å². The molecule has 0 spiro atoms. The number of hydrogen-bond acceptors (Lipinski definition) is 6. The van der Waals surface area contributed by atoms with Gasteiger partial charge in [0.25, 0.3) is 0 Å². The molecule has 1 aromatic rings. The molecule has 6 nitrogen and oxygen atoms in total. The van der Waals surface area contributed by atoms with Crippen molar-refractivity contribution in [1.29, 1.82) is 5.26 Å². The van der Waals surface area contributed by atoms with E-state index in [-0.39, 0.29) is 18.5 Å². The van der Waals surface area contributed by atoms with Crippen molar-refractivity contribution >= 4 is 17.5 Å². The lowest BCUT2D eigenvalue weighted by Gasteiger charge is -2.26. The molecular weight excluding hydrogens is 244 g/mol. The molecule has 0 radical (unpaired) electrons. The molecule has 1 unspecified atom stereocenters. The lowest BCUT2D eigenvalue weighted by atomic mass is 10.1. The minimum Gasteiger partial charge on any atom is -0.462 e. The Balaban J connectivity index is 3.13. The van der Waals surface area contributed by atoms with Crippen LogP contribution in [0.1, 0.15) is 30.6 Å². The molecule has 1 aromatic heterocycles. The zero-order chi connectivity index (χ0) is 14.4. The molecule has 0 bridgehead atoms. The fraction of sp³-hybridized carbons (Fsp3) is 0.462. The molecular formula is C13H18N4O2. The van der Waals surface area contributed by atoms with Gasteiger partial charge < -0.3 is 15.4 Å². The predicted molar refractivity (Wildman–Crippen MR) is 72.7 cm³/mol. The summed E-state index contributed by atoms with van der Waals surface area (Å²) in [5.74, 6) is -0.184. The Morgan fingerprint density at radius 3 is 2.95 bits per heavy atom. The van der Waals surface area contributed by atoms with Crippen molar-refractivity contribution in [2.75, 3.05) is 24.3 Å². The van der Waals surface area contributed by atoms with E-state index in [0.29, 0.717) is 17.7 Å². The van der Waals surface area contributed by atoms with E-state index in [1.807, 2.05) is 11.8 Å². The number of hydrogen-bond donors (Lipinski definition) is 1. The van der Waals surface area contributed by atoms with E-state index in [1.54, 1.807) is 14.0 Å². The molecule has 0 saturated carbocycles. The number of rotatable bonds is 5. The van der Waals surface area contributed by atoms with E-state index in [4.69, 9.17) is 15.7 Å². The van der Waals surface area contributed by atoms with Crippen molar-refractivity contribution in [2.24, 2.45) is 0 Å². The predicted octanol–water partition coefficient (Wildman–Crippen LogP) is 1.58. The molecule has 102 valence electrons. The highest BCUT2D eigenvalue weighted by Crippen LogP contribution is 2.23. The third-order valence-corrected chi connectivity index (χ3v) is 2.83. The molecule has 2 N–H and O–H groups in total. The second kappa shape index (κ2) is 6.59. The number of aromatic nitrogens is 1. The van der Waals surface area contributed by atoms with E-state index in [0.717, 1.165) is 0 Å². The van der Waals surface area contributed by atoms with Crippen molar-refractivity contribution in [3.8, 4) is 6.07 Å². The van der Waals surface area contributed by atoms with Gasteiger partial charge in [-0.3, -0.25) is 0 Å². The highest BCUT2D eigenvalue weighted by atomic mass is 16.5. The number of carbonyl (C=O) groups excluding carboxylic acids is 1. The van der Waals surface area contributed by atoms with Crippen LogP contribution in [0.4, 0.5) is 11.5 Å². The van der Waals surface area contributed by atoms with Crippen LogP contribution in [-0.4, -0.2) is 30.6 Å². The van der Waals surface area contributed by atoms with Crippen molar-refractivity contribution in [1.82, 2.24) is 4.98 Å². The van der Waals surface area contributed by atoms with Gasteiger partial charge >= 0.3 is 5.97 Å². The number of anilines is 2. The summed E-state index contributed by atoms with van der Waals surface area (Å²) in [5, 5.41) is 8.74. The first-order valence-electron chi connectivity index (χ1n) is 6.03. The van der Waals surface area contributed by atoms with Crippen molar-refractivity contribution in [3.63, 3.8) is 0 Å². The van der Waals surface area contributed by atoms with Crippen LogP contribution in [0.5, 0.6) is 0 Å². The van der Waals surface area contributed by atoms with Crippen LogP contribution in [0.3, 0.4) is 0 Å². The van der Waals surface area contributed by atoms with Gasteiger partial charge in [0, 0.05) is 13.1 Å². The summed E-state index contributed by atoms with van der Waals surface area (Å²) in [4.78, 5) is 17.7. The summed E-state index contributed by atoms with van der Waals surface area (Å²) in [6.45, 7) is 3.93. The number of esters is 1. The highest BCUT2D eigenvalue weighted by molar-refractivity contribution is 5.96. The van der Waals surface area contributed by atoms with E-state index in [1.165, 1.54) is 12.3 Å². The molecule has 19 heavy (non-hydrogen) atoms. The number of nitrogen functional groups attached to an aromatic ring is 1. The average Bonchev–Trinajstić information content (AvgIpc) is 2.38. The minimum atomic E-state index is -0.442. The molecule has 0 aromatic carbocycles. The fourth-order valence-electron chi connectivity index (χ4n) is 1.62. The number of nitrogens with zero attached hydrogens (tertiary/aromatic N) is 3. The molecule has 0 aliphatic rings. The summed E-state index contributed by atoms with van der Waals surface area (Å²) < 4.78 is 5.00. The first kappa shape index (κ1) is 14.8. The number of nitriles is 1. The van der Waals surface area contributed by atoms with Crippen molar-refractivity contribution in [3.05, 3.63) is 17.8 Å². The largest absolute Gasteiger partial charge is 0.462 e. The molecule has 6 heteroatoms. The maximum atomic E-state index is 11.9. The minimum absolute atomic E-state index is 0.0383. The topological polar surface area (TPSA) is 92.2 Å². The zero-order valence-corrected chi connectivity index (χ0v) is 11.4. The Hall–Kier alpha value is -2.29. The molecule has 0 aliphatic heterocycles. The Bertz CT molecular complexity index is 496. The fourth-order valence-corrected chi connectivity index (χ4v) is 1.62. The van der Waals surface area contributed by atoms with Crippen LogP contribution in [0.15, 0.2) is 12.3 Å². The maximum absolute atomic E-state index is 11.9. The van der Waals surface area contributed by atoms with Gasteiger partial charge in [0.05, 0.1) is 36.5 Å². The first-order chi connectivity index (χ1) is 9.01. The van der Waals surface area contributed by atoms with Gasteiger partial charge in [0.15, 0.2) is 0 Å². The Morgan fingerprint density at radius 2 is 2.37 bits per heavy atom. The molecule has 0 saturated heterocycles. The monoisotopic (exact) mass is 262 g/mol. The number of nitrogens with two attached hydrogens (primary N) is 1. The highest BCUT2D eigenvalue weighted by Gasteiger charge is 2.19. The van der Waals surface area contributed by atoms with Crippen LogP contribution < -0.4 is 10.6 Å². The SMILES string of the molecule is CCOC(=O)c1cc(N)ncc1N(C)C(C)CC#N. The van der Waals surface area contributed by atoms with E-state index in [2.05, 4.69) is 11.1 Å². The van der Waals surface area contributed by atoms with Crippen molar-refractivity contribution < 1.29 is 9.53 Å². The molecule has 0 fully saturated rings. The van der Waals surface area contributed by atoms with Gasteiger partial charge in [-0.05, 0) is 19.9 Å². The lowest BCUT2D eigenvalue weighted by Crippen LogP contribution is -2.30. The Kier molecular flexibility index (Phi) is 5.12. The van der Waals surface area contributed by atoms with Gasteiger partial charge in [-0.2, -0.15) is 5.26 Å². The molecule has 1 atom stereocenters. The number of carbonyl (C=O) groups is 1. The summed E-state index contributed by atoms with van der Waals surface area (Å²) in [5.41, 5.74) is 6.58. The summed E-state index contributed by atoms with van der Waals surface area (Å²) >= 11 is 0. The standard InChI is InChI=1S/C13H18N4O2/c1-4-19-13(18)10-7-12(15)16-8-11(10)17(3)9(2)5-6-14/h7-9H,4-5H2,1-3H3,(H2,15,16). The molecule has 0 amide bonds. The number of ether oxygens (including phenoxy) is 1. The molecule has 1 heterocycles. The third-order valence-electron chi connectivity index (χ3n) is 2.83. The quantitative estimate of drug-likeness (QED) is 0.810. The summed E-state index contributed by atoms with van der Waals surface area (Å²) in [7, 11) is 1.80. The first-order valence-corrected chi connectivity index (χ1v) is 6.03. The maximum Gasteiger partial charge on any atom is 0.340 e. The smallest absolute Gasteiger partial charge is 0.340 e. The Labute approximate surface area is 112 Å². The van der Waals surface area contributed by atoms with Crippen LogP contribution in [0.25, 0.3) is 0 Å².